The van der Waals surface area contributed by atoms with Crippen molar-refractivity contribution >= 4 is 6.29 Å². The van der Waals surface area contributed by atoms with E-state index in [1.807, 2.05) is 12.1 Å². The third kappa shape index (κ3) is 3.12. The van der Waals surface area contributed by atoms with Crippen molar-refractivity contribution < 1.29 is 4.79 Å². The third-order valence-electron chi connectivity index (χ3n) is 12.9. The van der Waals surface area contributed by atoms with Crippen molar-refractivity contribution in [3.05, 3.63) is 35.4 Å². The zero-order valence-corrected chi connectivity index (χ0v) is 21.6. The highest BCUT2D eigenvalue weighted by Gasteiger charge is 2.64. The second-order valence-electron chi connectivity index (χ2n) is 14.1. The number of hydrogen-bond acceptors (Lipinski definition) is 1. The van der Waals surface area contributed by atoms with Crippen LogP contribution in [0.4, 0.5) is 0 Å². The van der Waals surface area contributed by atoms with Crippen LogP contribution in [0, 0.1) is 51.8 Å². The van der Waals surface area contributed by atoms with E-state index in [0.29, 0.717) is 22.2 Å². The number of carbonyl (C=O) groups excluding carboxylic acids is 1. The smallest absolute Gasteiger partial charge is 0.150 e. The Labute approximate surface area is 202 Å². The van der Waals surface area contributed by atoms with Crippen molar-refractivity contribution in [2.24, 2.45) is 51.8 Å². The van der Waals surface area contributed by atoms with E-state index in [2.05, 4.69) is 39.8 Å². The average Bonchev–Trinajstić information content (AvgIpc) is 3.28. The van der Waals surface area contributed by atoms with Gasteiger partial charge in [-0.15, -0.1) is 0 Å². The molecule has 1 heteroatoms. The zero-order chi connectivity index (χ0) is 23.0. The van der Waals surface area contributed by atoms with Crippen LogP contribution in [-0.4, -0.2) is 6.29 Å². The van der Waals surface area contributed by atoms with Crippen LogP contribution in [0.1, 0.15) is 120 Å². The van der Waals surface area contributed by atoms with E-state index in [9.17, 15) is 4.79 Å². The van der Waals surface area contributed by atoms with Crippen molar-refractivity contribution in [1.29, 1.82) is 0 Å². The zero-order valence-electron chi connectivity index (χ0n) is 21.6. The van der Waals surface area contributed by atoms with Gasteiger partial charge in [0, 0.05) is 5.56 Å². The minimum Gasteiger partial charge on any atom is -0.298 e. The van der Waals surface area contributed by atoms with E-state index in [1.165, 1.54) is 63.4 Å². The maximum Gasteiger partial charge on any atom is 0.150 e. The van der Waals surface area contributed by atoms with Crippen LogP contribution >= 0.6 is 0 Å². The molecule has 0 aromatic heterocycles. The van der Waals surface area contributed by atoms with Crippen LogP contribution in [0.15, 0.2) is 24.3 Å². The summed E-state index contributed by atoms with van der Waals surface area (Å²) in [6, 6.07) is 8.56. The van der Waals surface area contributed by atoms with E-state index in [1.54, 1.807) is 12.8 Å². The Bertz CT molecular complexity index is 898. The molecule has 180 valence electrons. The largest absolute Gasteiger partial charge is 0.298 e. The standard InChI is InChI=1S/C32H46O/c1-30(2)26(23-10-8-21(20-33)9-11-23)16-18-32(4)28(30)17-19-31(3)27-14-12-22-6-5-7-24(22)25(27)13-15-29(31)32/h8-11,20,22,24-29H,5-7,12-19H2,1-4H3. The predicted molar refractivity (Wildman–Crippen MR) is 136 cm³/mol. The summed E-state index contributed by atoms with van der Waals surface area (Å²) in [4.78, 5) is 11.2. The second kappa shape index (κ2) is 7.69. The summed E-state index contributed by atoms with van der Waals surface area (Å²) in [5.74, 6) is 6.56. The Hall–Kier alpha value is -1.11. The van der Waals surface area contributed by atoms with E-state index in [4.69, 9.17) is 0 Å². The second-order valence-corrected chi connectivity index (χ2v) is 14.1. The van der Waals surface area contributed by atoms with Gasteiger partial charge in [0.2, 0.25) is 0 Å². The molecule has 9 unspecified atom stereocenters. The molecule has 0 bridgehead atoms. The lowest BCUT2D eigenvalue weighted by atomic mass is 9.36. The highest BCUT2D eigenvalue weighted by molar-refractivity contribution is 5.74. The SMILES string of the molecule is CC1(C)C(c2ccc(C=O)cc2)CCC2(C)C1CCC1(C)C3CCC4CCCC4C3CCC12. The maximum atomic E-state index is 11.2. The maximum absolute atomic E-state index is 11.2. The lowest BCUT2D eigenvalue weighted by Gasteiger charge is -2.69. The summed E-state index contributed by atoms with van der Waals surface area (Å²) in [5, 5.41) is 0. The highest BCUT2D eigenvalue weighted by atomic mass is 16.1. The quantitative estimate of drug-likeness (QED) is 0.415. The lowest BCUT2D eigenvalue weighted by molar-refractivity contribution is -0.193. The van der Waals surface area contributed by atoms with Crippen LogP contribution in [-0.2, 0) is 0 Å². The van der Waals surface area contributed by atoms with Gasteiger partial charge in [-0.1, -0.05) is 64.8 Å². The third-order valence-corrected chi connectivity index (χ3v) is 12.9. The molecule has 6 rings (SSSR count). The van der Waals surface area contributed by atoms with E-state index in [0.717, 1.165) is 47.4 Å². The van der Waals surface area contributed by atoms with E-state index in [-0.39, 0.29) is 0 Å². The van der Waals surface area contributed by atoms with Gasteiger partial charge in [0.25, 0.3) is 0 Å². The highest BCUT2D eigenvalue weighted by Crippen LogP contribution is 2.73. The molecule has 5 aliphatic rings. The normalized spacial score (nSPS) is 48.2. The van der Waals surface area contributed by atoms with Crippen LogP contribution < -0.4 is 0 Å². The molecule has 0 heterocycles. The fourth-order valence-electron chi connectivity index (χ4n) is 11.6. The number of benzene rings is 1. The van der Waals surface area contributed by atoms with Crippen molar-refractivity contribution in [3.8, 4) is 0 Å². The Morgan fingerprint density at radius 3 is 2.24 bits per heavy atom. The molecule has 0 saturated heterocycles. The van der Waals surface area contributed by atoms with Gasteiger partial charge >= 0.3 is 0 Å². The molecule has 1 aromatic carbocycles. The van der Waals surface area contributed by atoms with Gasteiger partial charge in [-0.25, -0.2) is 0 Å². The van der Waals surface area contributed by atoms with Crippen LogP contribution in [0.5, 0.6) is 0 Å². The van der Waals surface area contributed by atoms with Crippen LogP contribution in [0.3, 0.4) is 0 Å². The molecule has 5 fully saturated rings. The Morgan fingerprint density at radius 1 is 0.727 bits per heavy atom. The first-order chi connectivity index (χ1) is 15.8. The molecule has 0 amide bonds. The first-order valence-electron chi connectivity index (χ1n) is 14.3. The molecular formula is C32H46O. The number of fused-ring (bicyclic) bond motifs is 7. The average molecular weight is 447 g/mol. The number of carbonyl (C=O) groups is 1. The first-order valence-corrected chi connectivity index (χ1v) is 14.3. The molecule has 5 aliphatic carbocycles. The van der Waals surface area contributed by atoms with Gasteiger partial charge in [0.15, 0.2) is 0 Å². The fraction of sp³-hybridized carbons (Fsp3) is 0.781. The van der Waals surface area contributed by atoms with Crippen LogP contribution in [0.25, 0.3) is 0 Å². The van der Waals surface area contributed by atoms with Gasteiger partial charge < -0.3 is 0 Å². The molecule has 0 spiro atoms. The Kier molecular flexibility index (Phi) is 5.21. The first kappa shape index (κ1) is 22.4. The molecule has 0 aliphatic heterocycles. The minimum absolute atomic E-state index is 0.316. The lowest BCUT2D eigenvalue weighted by Crippen LogP contribution is -2.61. The summed E-state index contributed by atoms with van der Waals surface area (Å²) in [6.45, 7) is 10.7. The van der Waals surface area contributed by atoms with Crippen molar-refractivity contribution in [2.45, 2.75) is 104 Å². The van der Waals surface area contributed by atoms with Gasteiger partial charge in [-0.2, -0.15) is 0 Å². The molecule has 33 heavy (non-hydrogen) atoms. The van der Waals surface area contributed by atoms with E-state index < -0.39 is 0 Å². The number of rotatable bonds is 2. The van der Waals surface area contributed by atoms with Crippen LogP contribution in [0.2, 0.25) is 0 Å². The van der Waals surface area contributed by atoms with Gasteiger partial charge in [0.1, 0.15) is 6.29 Å². The number of hydrogen-bond donors (Lipinski definition) is 0. The summed E-state index contributed by atoms with van der Waals surface area (Å²) >= 11 is 0. The minimum atomic E-state index is 0.316. The Balaban J connectivity index is 1.29. The molecule has 0 radical (unpaired) electrons. The van der Waals surface area contributed by atoms with Crippen molar-refractivity contribution in [1.82, 2.24) is 0 Å². The predicted octanol–water partition coefficient (Wildman–Crippen LogP) is 8.68. The van der Waals surface area contributed by atoms with Crippen molar-refractivity contribution in [3.63, 3.8) is 0 Å². The van der Waals surface area contributed by atoms with E-state index >= 15 is 0 Å². The molecule has 5 saturated carbocycles. The summed E-state index contributed by atoms with van der Waals surface area (Å²) in [6.07, 6.45) is 17.3. The molecular weight excluding hydrogens is 400 g/mol. The monoisotopic (exact) mass is 446 g/mol. The summed E-state index contributed by atoms with van der Waals surface area (Å²) in [7, 11) is 0. The molecule has 1 nitrogen and oxygen atoms in total. The summed E-state index contributed by atoms with van der Waals surface area (Å²) in [5.41, 5.74) is 3.66. The molecule has 1 aromatic rings. The number of aldehydes is 1. The van der Waals surface area contributed by atoms with Crippen molar-refractivity contribution in [2.75, 3.05) is 0 Å². The van der Waals surface area contributed by atoms with Gasteiger partial charge in [-0.3, -0.25) is 4.79 Å². The Morgan fingerprint density at radius 2 is 1.48 bits per heavy atom. The molecule has 0 N–H and O–H groups in total. The fourth-order valence-corrected chi connectivity index (χ4v) is 11.6. The topological polar surface area (TPSA) is 17.1 Å². The van der Waals surface area contributed by atoms with Gasteiger partial charge in [-0.05, 0) is 121 Å². The summed E-state index contributed by atoms with van der Waals surface area (Å²) < 4.78 is 0. The van der Waals surface area contributed by atoms with Gasteiger partial charge in [0.05, 0.1) is 0 Å². The molecule has 9 atom stereocenters.